The Balaban J connectivity index is 1.63. The van der Waals surface area contributed by atoms with Crippen LogP contribution in [-0.4, -0.2) is 33.0 Å². The maximum atomic E-state index is 11.9. The van der Waals surface area contributed by atoms with Gasteiger partial charge in [0, 0.05) is 5.39 Å². The molecule has 0 aliphatic carbocycles. The number of carbonyl (C=O) groups is 2. The fourth-order valence-corrected chi connectivity index (χ4v) is 2.44. The number of hydrogen-bond donors (Lipinski definition) is 2. The highest BCUT2D eigenvalue weighted by Gasteiger charge is 2.22. The molecule has 25 heavy (non-hydrogen) atoms. The van der Waals surface area contributed by atoms with Crippen molar-refractivity contribution in [2.75, 3.05) is 0 Å². The smallest absolute Gasteiger partial charge is 0.408 e. The minimum Gasteiger partial charge on any atom is -0.480 e. The maximum Gasteiger partial charge on any atom is 0.408 e. The molecule has 1 atom stereocenters. The van der Waals surface area contributed by atoms with Crippen LogP contribution in [0.15, 0.2) is 60.8 Å². The van der Waals surface area contributed by atoms with Gasteiger partial charge in [0.25, 0.3) is 0 Å². The molecular formula is C18H17N3O4. The zero-order valence-electron chi connectivity index (χ0n) is 13.3. The average Bonchev–Trinajstić information content (AvgIpc) is 3.03. The number of carboxylic acids is 1. The van der Waals surface area contributed by atoms with Gasteiger partial charge in [0.2, 0.25) is 0 Å². The number of rotatable bonds is 6. The normalized spacial score (nSPS) is 11.8. The van der Waals surface area contributed by atoms with Gasteiger partial charge in [0.05, 0.1) is 18.3 Å². The minimum absolute atomic E-state index is 0.00326. The first-order valence-corrected chi connectivity index (χ1v) is 7.74. The van der Waals surface area contributed by atoms with Gasteiger partial charge < -0.3 is 15.2 Å². The van der Waals surface area contributed by atoms with E-state index in [9.17, 15) is 14.7 Å². The summed E-state index contributed by atoms with van der Waals surface area (Å²) in [6, 6.07) is 15.5. The number of carboxylic acid groups (broad SMARTS) is 1. The lowest BCUT2D eigenvalue weighted by molar-refractivity contribution is -0.139. The molecule has 1 unspecified atom stereocenters. The SMILES string of the molecule is O=C(NC(Cn1ncc2ccccc21)C(=O)O)OCc1ccccc1. The molecule has 7 heteroatoms. The van der Waals surface area contributed by atoms with Crippen molar-refractivity contribution in [3.05, 3.63) is 66.4 Å². The van der Waals surface area contributed by atoms with Crippen LogP contribution in [-0.2, 0) is 22.7 Å². The average molecular weight is 339 g/mol. The molecule has 0 aliphatic rings. The molecule has 2 aromatic carbocycles. The van der Waals surface area contributed by atoms with Gasteiger partial charge in [-0.25, -0.2) is 9.59 Å². The van der Waals surface area contributed by atoms with Crippen molar-refractivity contribution >= 4 is 23.0 Å². The second kappa shape index (κ2) is 7.48. The van der Waals surface area contributed by atoms with Gasteiger partial charge >= 0.3 is 12.1 Å². The fourth-order valence-electron chi connectivity index (χ4n) is 2.44. The number of aromatic nitrogens is 2. The number of nitrogens with one attached hydrogen (secondary N) is 1. The van der Waals surface area contributed by atoms with Gasteiger partial charge in [-0.15, -0.1) is 0 Å². The molecule has 3 aromatic rings. The van der Waals surface area contributed by atoms with Crippen LogP contribution in [0.1, 0.15) is 5.56 Å². The molecule has 2 N–H and O–H groups in total. The number of alkyl carbamates (subject to hydrolysis) is 1. The lowest BCUT2D eigenvalue weighted by Gasteiger charge is -2.15. The second-order valence-corrected chi connectivity index (χ2v) is 5.48. The van der Waals surface area contributed by atoms with Gasteiger partial charge in [-0.2, -0.15) is 5.10 Å². The van der Waals surface area contributed by atoms with Crippen molar-refractivity contribution in [2.45, 2.75) is 19.2 Å². The summed E-state index contributed by atoms with van der Waals surface area (Å²) in [6.45, 7) is 0.0764. The maximum absolute atomic E-state index is 11.9. The van der Waals surface area contributed by atoms with Gasteiger partial charge in [-0.3, -0.25) is 4.68 Å². The van der Waals surface area contributed by atoms with E-state index < -0.39 is 18.1 Å². The highest BCUT2D eigenvalue weighted by Crippen LogP contribution is 2.13. The molecular weight excluding hydrogens is 322 g/mol. The molecule has 0 fully saturated rings. The molecule has 1 aromatic heterocycles. The number of aliphatic carboxylic acids is 1. The highest BCUT2D eigenvalue weighted by molar-refractivity contribution is 5.81. The molecule has 0 spiro atoms. The summed E-state index contributed by atoms with van der Waals surface area (Å²) >= 11 is 0. The van der Waals surface area contributed by atoms with Gasteiger partial charge in [-0.1, -0.05) is 48.5 Å². The van der Waals surface area contributed by atoms with E-state index in [0.717, 1.165) is 16.5 Å². The van der Waals surface area contributed by atoms with E-state index >= 15 is 0 Å². The molecule has 3 rings (SSSR count). The summed E-state index contributed by atoms with van der Waals surface area (Å²) in [6.07, 6.45) is 0.870. The topological polar surface area (TPSA) is 93.5 Å². The fraction of sp³-hybridized carbons (Fsp3) is 0.167. The van der Waals surface area contributed by atoms with Crippen molar-refractivity contribution in [3.8, 4) is 0 Å². The zero-order valence-corrected chi connectivity index (χ0v) is 13.3. The quantitative estimate of drug-likeness (QED) is 0.719. The van der Waals surface area contributed by atoms with Crippen molar-refractivity contribution in [3.63, 3.8) is 0 Å². The molecule has 0 bridgehead atoms. The van der Waals surface area contributed by atoms with E-state index in [4.69, 9.17) is 4.74 Å². The third-order valence-corrected chi connectivity index (χ3v) is 3.71. The summed E-state index contributed by atoms with van der Waals surface area (Å²) in [7, 11) is 0. The van der Waals surface area contributed by atoms with E-state index in [0.29, 0.717) is 0 Å². The number of ether oxygens (including phenoxy) is 1. The number of fused-ring (bicyclic) bond motifs is 1. The van der Waals surface area contributed by atoms with Crippen LogP contribution in [0.2, 0.25) is 0 Å². The van der Waals surface area contributed by atoms with E-state index in [2.05, 4.69) is 10.4 Å². The monoisotopic (exact) mass is 339 g/mol. The Kier molecular flexibility index (Phi) is 4.94. The Morgan fingerprint density at radius 3 is 2.60 bits per heavy atom. The minimum atomic E-state index is -1.16. The van der Waals surface area contributed by atoms with Crippen molar-refractivity contribution in [1.29, 1.82) is 0 Å². The Hall–Kier alpha value is -3.35. The summed E-state index contributed by atoms with van der Waals surface area (Å²) < 4.78 is 6.62. The predicted molar refractivity (Wildman–Crippen MR) is 90.9 cm³/mol. The van der Waals surface area contributed by atoms with Crippen molar-refractivity contribution in [1.82, 2.24) is 15.1 Å². The molecule has 0 saturated heterocycles. The van der Waals surface area contributed by atoms with Gasteiger partial charge in [0.1, 0.15) is 12.6 Å². The van der Waals surface area contributed by atoms with Crippen molar-refractivity contribution < 1.29 is 19.4 Å². The zero-order chi connectivity index (χ0) is 17.6. The summed E-state index contributed by atoms with van der Waals surface area (Å²) in [5.41, 5.74) is 1.62. The Morgan fingerprint density at radius 1 is 1.12 bits per heavy atom. The molecule has 128 valence electrons. The number of hydrogen-bond acceptors (Lipinski definition) is 4. The standard InChI is InChI=1S/C18H17N3O4/c22-17(23)15(11-21-16-9-5-4-8-14(16)10-19-21)20-18(24)25-12-13-6-2-1-3-7-13/h1-10,15H,11-12H2,(H,20,24)(H,22,23). The first kappa shape index (κ1) is 16.5. The third kappa shape index (κ3) is 4.14. The second-order valence-electron chi connectivity index (χ2n) is 5.48. The number of nitrogens with zero attached hydrogens (tertiary/aromatic N) is 2. The van der Waals surface area contributed by atoms with E-state index in [1.807, 2.05) is 54.6 Å². The molecule has 0 saturated carbocycles. The van der Waals surface area contributed by atoms with E-state index in [1.165, 1.54) is 0 Å². The highest BCUT2D eigenvalue weighted by atomic mass is 16.5. The summed E-state index contributed by atoms with van der Waals surface area (Å²) in [4.78, 5) is 23.4. The summed E-state index contributed by atoms with van der Waals surface area (Å²) in [5.74, 6) is -1.16. The molecule has 0 radical (unpaired) electrons. The molecule has 0 aliphatic heterocycles. The largest absolute Gasteiger partial charge is 0.480 e. The molecule has 1 amide bonds. The van der Waals surface area contributed by atoms with Gasteiger partial charge in [0.15, 0.2) is 0 Å². The third-order valence-electron chi connectivity index (χ3n) is 3.71. The van der Waals surface area contributed by atoms with Crippen LogP contribution in [0.5, 0.6) is 0 Å². The first-order valence-electron chi connectivity index (χ1n) is 7.74. The van der Waals surface area contributed by atoms with Crippen molar-refractivity contribution in [2.24, 2.45) is 0 Å². The number of para-hydroxylation sites is 1. The van der Waals surface area contributed by atoms with Crippen LogP contribution in [0.25, 0.3) is 10.9 Å². The van der Waals surface area contributed by atoms with E-state index in [-0.39, 0.29) is 13.2 Å². The molecule has 1 heterocycles. The predicted octanol–water partition coefficient (Wildman–Crippen LogP) is 2.42. The van der Waals surface area contributed by atoms with Gasteiger partial charge in [-0.05, 0) is 11.6 Å². The molecule has 7 nitrogen and oxygen atoms in total. The Bertz CT molecular complexity index is 876. The Labute approximate surface area is 143 Å². The Morgan fingerprint density at radius 2 is 1.84 bits per heavy atom. The van der Waals surface area contributed by atoms with Crippen LogP contribution in [0.3, 0.4) is 0 Å². The summed E-state index contributed by atoms with van der Waals surface area (Å²) in [5, 5.41) is 16.8. The van der Waals surface area contributed by atoms with Crippen LogP contribution < -0.4 is 5.32 Å². The van der Waals surface area contributed by atoms with E-state index in [1.54, 1.807) is 10.9 Å². The lowest BCUT2D eigenvalue weighted by atomic mass is 10.2. The van der Waals surface area contributed by atoms with Crippen LogP contribution in [0, 0.1) is 0 Å². The number of benzene rings is 2. The lowest BCUT2D eigenvalue weighted by Crippen LogP contribution is -2.44. The van der Waals surface area contributed by atoms with Crippen LogP contribution in [0.4, 0.5) is 4.79 Å². The number of carbonyl (C=O) groups excluding carboxylic acids is 1. The number of amides is 1. The first-order chi connectivity index (χ1) is 12.1. The van der Waals surface area contributed by atoms with Crippen LogP contribution >= 0.6 is 0 Å².